The van der Waals surface area contributed by atoms with Gasteiger partial charge in [-0.3, -0.25) is 0 Å². The van der Waals surface area contributed by atoms with Crippen molar-refractivity contribution in [3.05, 3.63) is 26.6 Å². The first-order valence-electron chi connectivity index (χ1n) is 7.23. The van der Waals surface area contributed by atoms with Gasteiger partial charge in [0.25, 0.3) is 0 Å². The summed E-state index contributed by atoms with van der Waals surface area (Å²) in [6, 6.07) is 5.60. The summed E-state index contributed by atoms with van der Waals surface area (Å²) in [5.74, 6) is 0. The molecule has 8 heteroatoms. The molecule has 126 valence electrons. The zero-order valence-corrected chi connectivity index (χ0v) is 15.7. The Bertz CT molecular complexity index is 704. The monoisotopic (exact) mass is 474 g/mol. The highest BCUT2D eigenvalue weighted by molar-refractivity contribution is 14.1. The summed E-state index contributed by atoms with van der Waals surface area (Å²) >= 11 is 9.74. The third-order valence-corrected chi connectivity index (χ3v) is 6.73. The van der Waals surface area contributed by atoms with Crippen LogP contribution in [-0.2, 0) is 6.42 Å². The molecule has 0 amide bonds. The fraction of sp³-hybridized carbons (Fsp3) is 0.467. The summed E-state index contributed by atoms with van der Waals surface area (Å²) in [4.78, 5) is 0. The van der Waals surface area contributed by atoms with Crippen molar-refractivity contribution in [1.82, 2.24) is 5.32 Å². The van der Waals surface area contributed by atoms with Crippen LogP contribution in [0, 0.1) is 2.88 Å². The molecule has 2 atom stereocenters. The minimum absolute atomic E-state index is 0.0346. The van der Waals surface area contributed by atoms with Crippen LogP contribution in [0.3, 0.4) is 0 Å². The van der Waals surface area contributed by atoms with Crippen LogP contribution in [0.5, 0.6) is 0 Å². The second kappa shape index (κ2) is 6.93. The number of piperidine rings is 1. The van der Waals surface area contributed by atoms with Crippen molar-refractivity contribution in [2.24, 2.45) is 0 Å². The van der Waals surface area contributed by atoms with Crippen LogP contribution < -0.4 is 10.6 Å². The molecule has 1 aliphatic heterocycles. The van der Waals surface area contributed by atoms with E-state index in [1.807, 2.05) is 28.7 Å². The van der Waals surface area contributed by atoms with Gasteiger partial charge in [0.05, 0.1) is 25.1 Å². The zero-order chi connectivity index (χ0) is 16.6. The van der Waals surface area contributed by atoms with Crippen LogP contribution in [-0.4, -0.2) is 30.7 Å². The van der Waals surface area contributed by atoms with Gasteiger partial charge in [-0.25, -0.2) is 0 Å². The largest absolute Gasteiger partial charge is 0.393 e. The number of thiophene rings is 1. The highest BCUT2D eigenvalue weighted by atomic mass is 127. The van der Waals surface area contributed by atoms with Crippen molar-refractivity contribution in [2.45, 2.75) is 30.4 Å². The Morgan fingerprint density at radius 1 is 1.39 bits per heavy atom. The quantitative estimate of drug-likeness (QED) is 0.484. The molecule has 2 aromatic rings. The number of rotatable bonds is 3. The van der Waals surface area contributed by atoms with Gasteiger partial charge < -0.3 is 10.6 Å². The molecule has 2 heterocycles. The van der Waals surface area contributed by atoms with Gasteiger partial charge >= 0.3 is 6.18 Å². The van der Waals surface area contributed by atoms with E-state index in [4.69, 9.17) is 11.6 Å². The molecule has 2 unspecified atom stereocenters. The van der Waals surface area contributed by atoms with Crippen LogP contribution in [0.4, 0.5) is 18.9 Å². The Morgan fingerprint density at radius 3 is 2.87 bits per heavy atom. The maximum Gasteiger partial charge on any atom is 0.393 e. The molecule has 2 N–H and O–H groups in total. The van der Waals surface area contributed by atoms with Crippen molar-refractivity contribution in [3.63, 3.8) is 0 Å². The molecule has 1 aliphatic rings. The summed E-state index contributed by atoms with van der Waals surface area (Å²) < 4.78 is 40.0. The molecule has 1 fully saturated rings. The molecule has 2 nitrogen and oxygen atoms in total. The number of nitrogens with one attached hydrogen (secondary N) is 2. The van der Waals surface area contributed by atoms with E-state index >= 15 is 0 Å². The topological polar surface area (TPSA) is 24.1 Å². The SMILES string of the molecule is FC(F)(F)Cc1c(I)sc2c(NC3CCNCC3Cl)cccc12. The number of alkyl halides is 4. The summed E-state index contributed by atoms with van der Waals surface area (Å²) in [6.45, 7) is 1.62. The lowest BCUT2D eigenvalue weighted by atomic mass is 10.0. The second-order valence-corrected chi connectivity index (χ2v) is 8.98. The van der Waals surface area contributed by atoms with E-state index in [0.717, 1.165) is 29.9 Å². The standard InChI is InChI=1S/C15H15ClF3IN2S/c16-10-7-21-5-4-11(10)22-12-3-1-2-8-9(6-15(17,18)19)14(20)23-13(8)12/h1-3,10-11,21-22H,4-7H2. The number of hydrogen-bond donors (Lipinski definition) is 2. The first-order valence-corrected chi connectivity index (χ1v) is 9.56. The summed E-state index contributed by atoms with van der Waals surface area (Å²) in [7, 11) is 0. The maximum atomic E-state index is 12.8. The van der Waals surface area contributed by atoms with Gasteiger partial charge in [-0.15, -0.1) is 22.9 Å². The molecule has 23 heavy (non-hydrogen) atoms. The molecule has 0 bridgehead atoms. The van der Waals surface area contributed by atoms with E-state index in [1.165, 1.54) is 11.3 Å². The average Bonchev–Trinajstić information content (AvgIpc) is 2.77. The predicted molar refractivity (Wildman–Crippen MR) is 98.8 cm³/mol. The van der Waals surface area contributed by atoms with Crippen molar-refractivity contribution in [3.8, 4) is 0 Å². The first kappa shape index (κ1) is 17.6. The van der Waals surface area contributed by atoms with E-state index in [9.17, 15) is 13.2 Å². The summed E-state index contributed by atoms with van der Waals surface area (Å²) in [5, 5.41) is 7.31. The van der Waals surface area contributed by atoms with Gasteiger partial charge in [0.2, 0.25) is 0 Å². The van der Waals surface area contributed by atoms with E-state index < -0.39 is 12.6 Å². The molecule has 1 saturated heterocycles. The number of anilines is 1. The van der Waals surface area contributed by atoms with Gasteiger partial charge in [0, 0.05) is 12.6 Å². The lowest BCUT2D eigenvalue weighted by molar-refractivity contribution is -0.127. The molecule has 0 aliphatic carbocycles. The van der Waals surface area contributed by atoms with E-state index in [-0.39, 0.29) is 11.4 Å². The van der Waals surface area contributed by atoms with Crippen molar-refractivity contribution in [2.75, 3.05) is 18.4 Å². The van der Waals surface area contributed by atoms with Gasteiger partial charge in [0.15, 0.2) is 0 Å². The Hall–Kier alpha value is -0.250. The summed E-state index contributed by atoms with van der Waals surface area (Å²) in [6.07, 6.45) is -4.20. The number of halogens is 5. The highest BCUT2D eigenvalue weighted by Crippen LogP contribution is 2.40. The summed E-state index contributed by atoms with van der Waals surface area (Å²) in [5.41, 5.74) is 1.24. The van der Waals surface area contributed by atoms with Gasteiger partial charge in [-0.2, -0.15) is 13.2 Å². The average molecular weight is 475 g/mol. The smallest absolute Gasteiger partial charge is 0.380 e. The minimum atomic E-state index is -4.20. The van der Waals surface area contributed by atoms with E-state index in [0.29, 0.717) is 13.8 Å². The molecule has 0 spiro atoms. The molecule has 1 aromatic carbocycles. The number of hydrogen-bond acceptors (Lipinski definition) is 3. The second-order valence-electron chi connectivity index (χ2n) is 5.59. The predicted octanol–water partition coefficient (Wildman–Crippen LogP) is 4.99. The number of benzene rings is 1. The Balaban J connectivity index is 1.94. The minimum Gasteiger partial charge on any atom is -0.380 e. The van der Waals surface area contributed by atoms with Gasteiger partial charge in [-0.1, -0.05) is 12.1 Å². The van der Waals surface area contributed by atoms with E-state index in [2.05, 4.69) is 10.6 Å². The Labute approximate surface area is 154 Å². The highest BCUT2D eigenvalue weighted by Gasteiger charge is 2.31. The molecule has 1 aromatic heterocycles. The number of fused-ring (bicyclic) bond motifs is 1. The molecule has 3 rings (SSSR count). The first-order chi connectivity index (χ1) is 10.8. The van der Waals surface area contributed by atoms with Crippen LogP contribution in [0.15, 0.2) is 18.2 Å². The molecule has 0 radical (unpaired) electrons. The Morgan fingerprint density at radius 2 is 2.17 bits per heavy atom. The van der Waals surface area contributed by atoms with Gasteiger partial charge in [0.1, 0.15) is 0 Å². The third-order valence-electron chi connectivity index (χ3n) is 3.90. The van der Waals surface area contributed by atoms with E-state index in [1.54, 1.807) is 12.1 Å². The van der Waals surface area contributed by atoms with Crippen molar-refractivity contribution in [1.29, 1.82) is 0 Å². The molecular weight excluding hydrogens is 460 g/mol. The lowest BCUT2D eigenvalue weighted by Gasteiger charge is -2.29. The Kier molecular flexibility index (Phi) is 5.30. The fourth-order valence-electron chi connectivity index (χ4n) is 2.80. The maximum absolute atomic E-state index is 12.8. The third kappa shape index (κ3) is 4.05. The lowest BCUT2D eigenvalue weighted by Crippen LogP contribution is -2.44. The van der Waals surface area contributed by atoms with Crippen LogP contribution in [0.1, 0.15) is 12.0 Å². The van der Waals surface area contributed by atoms with Crippen LogP contribution in [0.25, 0.3) is 10.1 Å². The normalized spacial score (nSPS) is 22.5. The van der Waals surface area contributed by atoms with Crippen molar-refractivity contribution >= 4 is 61.3 Å². The molecule has 0 saturated carbocycles. The zero-order valence-electron chi connectivity index (χ0n) is 12.0. The van der Waals surface area contributed by atoms with Crippen molar-refractivity contribution < 1.29 is 13.2 Å². The molecular formula is C15H15ClF3IN2S. The van der Waals surface area contributed by atoms with Crippen LogP contribution in [0.2, 0.25) is 0 Å². The van der Waals surface area contributed by atoms with Gasteiger partial charge in [-0.05, 0) is 52.6 Å². The van der Waals surface area contributed by atoms with Crippen LogP contribution >= 0.6 is 45.5 Å². The fourth-order valence-corrected chi connectivity index (χ4v) is 5.27.